The molecule has 0 N–H and O–H groups in total. The van der Waals surface area contributed by atoms with Gasteiger partial charge in [-0.05, 0) is 70.8 Å². The van der Waals surface area contributed by atoms with Gasteiger partial charge in [-0.15, -0.1) is 0 Å². The highest BCUT2D eigenvalue weighted by Crippen LogP contribution is 2.44. The number of hydrogen-bond acceptors (Lipinski definition) is 3. The van der Waals surface area contributed by atoms with Crippen LogP contribution in [0.4, 0.5) is 17.1 Å². The van der Waals surface area contributed by atoms with E-state index in [0.29, 0.717) is 0 Å². The van der Waals surface area contributed by atoms with Gasteiger partial charge in [0.1, 0.15) is 11.2 Å². The van der Waals surface area contributed by atoms with Crippen LogP contribution in [0.25, 0.3) is 77.3 Å². The lowest BCUT2D eigenvalue weighted by Gasteiger charge is -2.28. The van der Waals surface area contributed by atoms with Gasteiger partial charge in [0.25, 0.3) is 0 Å². The predicted molar refractivity (Wildman–Crippen MR) is 212 cm³/mol. The van der Waals surface area contributed by atoms with Crippen LogP contribution >= 0.6 is 0 Å². The zero-order valence-corrected chi connectivity index (χ0v) is 27.7. The van der Waals surface area contributed by atoms with Gasteiger partial charge in [-0.1, -0.05) is 140 Å². The van der Waals surface area contributed by atoms with Crippen molar-refractivity contribution >= 4 is 60.9 Å². The Morgan fingerprint density at radius 1 is 0.294 bits per heavy atom. The van der Waals surface area contributed by atoms with Crippen LogP contribution in [0.15, 0.2) is 197 Å². The summed E-state index contributed by atoms with van der Waals surface area (Å²) in [4.78, 5) is 2.35. The molecule has 3 heteroatoms. The molecule has 240 valence electrons. The van der Waals surface area contributed by atoms with E-state index in [1.807, 2.05) is 18.2 Å². The fourth-order valence-corrected chi connectivity index (χ4v) is 7.45. The Hall–Kier alpha value is -6.84. The van der Waals surface area contributed by atoms with Gasteiger partial charge < -0.3 is 13.7 Å². The maximum Gasteiger partial charge on any atom is 0.178 e. The minimum atomic E-state index is 0.783. The molecule has 3 nitrogen and oxygen atoms in total. The molecule has 10 aromatic rings. The molecule has 0 unspecified atom stereocenters. The number of furan rings is 2. The highest BCUT2D eigenvalue weighted by atomic mass is 16.4. The maximum absolute atomic E-state index is 6.71. The molecule has 0 spiro atoms. The average molecular weight is 654 g/mol. The number of anilines is 3. The van der Waals surface area contributed by atoms with Crippen molar-refractivity contribution in [3.8, 4) is 33.4 Å². The van der Waals surface area contributed by atoms with E-state index in [4.69, 9.17) is 8.83 Å². The molecular formula is C48H31NO2. The summed E-state index contributed by atoms with van der Waals surface area (Å²) < 4.78 is 13.0. The number of hydrogen-bond donors (Lipinski definition) is 0. The molecule has 2 heterocycles. The molecule has 0 saturated carbocycles. The molecule has 0 atom stereocenters. The summed E-state index contributed by atoms with van der Waals surface area (Å²) in [5, 5.41) is 4.29. The Morgan fingerprint density at radius 2 is 0.784 bits per heavy atom. The molecule has 2 aromatic heterocycles. The summed E-state index contributed by atoms with van der Waals surface area (Å²) >= 11 is 0. The predicted octanol–water partition coefficient (Wildman–Crippen LogP) is 14.0. The average Bonchev–Trinajstić information content (AvgIpc) is 3.78. The topological polar surface area (TPSA) is 29.5 Å². The van der Waals surface area contributed by atoms with E-state index in [-0.39, 0.29) is 0 Å². The van der Waals surface area contributed by atoms with E-state index < -0.39 is 0 Å². The van der Waals surface area contributed by atoms with Gasteiger partial charge in [0.15, 0.2) is 11.2 Å². The minimum Gasteiger partial charge on any atom is -0.452 e. The molecular weight excluding hydrogens is 623 g/mol. The molecule has 8 aromatic carbocycles. The van der Waals surface area contributed by atoms with Crippen molar-refractivity contribution in [2.45, 2.75) is 0 Å². The number of fused-ring (bicyclic) bond motifs is 7. The van der Waals surface area contributed by atoms with Crippen LogP contribution in [0.1, 0.15) is 0 Å². The van der Waals surface area contributed by atoms with E-state index in [1.54, 1.807) is 0 Å². The van der Waals surface area contributed by atoms with Crippen molar-refractivity contribution < 1.29 is 8.83 Å². The summed E-state index contributed by atoms with van der Waals surface area (Å²) in [6, 6.07) is 66.2. The largest absolute Gasteiger partial charge is 0.452 e. The fourth-order valence-electron chi connectivity index (χ4n) is 7.45. The third-order valence-corrected chi connectivity index (χ3v) is 9.91. The van der Waals surface area contributed by atoms with Gasteiger partial charge in [-0.3, -0.25) is 0 Å². The SMILES string of the molecule is c1ccc(-c2ccc(N(c3ccc(-c4cccc5c4oc4c5ccc5c6ccccc6oc54)cc3)c3ccccc3-c3ccccc3)cc2)cc1. The second kappa shape index (κ2) is 11.9. The zero-order valence-electron chi connectivity index (χ0n) is 27.7. The van der Waals surface area contributed by atoms with Gasteiger partial charge in [0, 0.05) is 44.0 Å². The Bertz CT molecular complexity index is 2830. The van der Waals surface area contributed by atoms with Crippen LogP contribution in [0.5, 0.6) is 0 Å². The van der Waals surface area contributed by atoms with E-state index in [0.717, 1.165) is 72.1 Å². The first-order chi connectivity index (χ1) is 25.3. The van der Waals surface area contributed by atoms with Crippen LogP contribution in [0.2, 0.25) is 0 Å². The first kappa shape index (κ1) is 29.1. The summed E-state index contributed by atoms with van der Waals surface area (Å²) in [5.74, 6) is 0. The van der Waals surface area contributed by atoms with Crippen LogP contribution < -0.4 is 4.90 Å². The van der Waals surface area contributed by atoms with E-state index in [9.17, 15) is 0 Å². The van der Waals surface area contributed by atoms with E-state index in [2.05, 4.69) is 175 Å². The summed E-state index contributed by atoms with van der Waals surface area (Å²) in [5.41, 5.74) is 13.4. The van der Waals surface area contributed by atoms with Crippen molar-refractivity contribution in [3.05, 3.63) is 188 Å². The lowest BCUT2D eigenvalue weighted by Crippen LogP contribution is -2.11. The second-order valence-electron chi connectivity index (χ2n) is 12.9. The normalized spacial score (nSPS) is 11.5. The van der Waals surface area contributed by atoms with Crippen molar-refractivity contribution in [3.63, 3.8) is 0 Å². The van der Waals surface area contributed by atoms with Crippen molar-refractivity contribution in [1.82, 2.24) is 0 Å². The van der Waals surface area contributed by atoms with Crippen molar-refractivity contribution in [2.75, 3.05) is 4.90 Å². The highest BCUT2D eigenvalue weighted by Gasteiger charge is 2.20. The van der Waals surface area contributed by atoms with E-state index in [1.165, 1.54) is 22.3 Å². The van der Waals surface area contributed by atoms with Gasteiger partial charge in [0.2, 0.25) is 0 Å². The lowest BCUT2D eigenvalue weighted by molar-refractivity contribution is 0.634. The molecule has 51 heavy (non-hydrogen) atoms. The number of nitrogens with zero attached hydrogens (tertiary/aromatic N) is 1. The van der Waals surface area contributed by atoms with E-state index >= 15 is 0 Å². The van der Waals surface area contributed by atoms with Crippen LogP contribution in [0.3, 0.4) is 0 Å². The molecule has 0 aliphatic rings. The number of para-hydroxylation sites is 3. The van der Waals surface area contributed by atoms with Gasteiger partial charge in [-0.2, -0.15) is 0 Å². The zero-order chi connectivity index (χ0) is 33.7. The van der Waals surface area contributed by atoms with Crippen molar-refractivity contribution in [2.24, 2.45) is 0 Å². The molecule has 0 aliphatic heterocycles. The first-order valence-corrected chi connectivity index (χ1v) is 17.3. The second-order valence-corrected chi connectivity index (χ2v) is 12.9. The Morgan fingerprint density at radius 3 is 1.53 bits per heavy atom. The molecule has 0 fully saturated rings. The molecule has 0 bridgehead atoms. The van der Waals surface area contributed by atoms with Gasteiger partial charge >= 0.3 is 0 Å². The summed E-state index contributed by atoms with van der Waals surface area (Å²) in [6.07, 6.45) is 0. The van der Waals surface area contributed by atoms with Crippen LogP contribution in [0, 0.1) is 0 Å². The lowest BCUT2D eigenvalue weighted by atomic mass is 9.99. The monoisotopic (exact) mass is 653 g/mol. The van der Waals surface area contributed by atoms with Gasteiger partial charge in [-0.25, -0.2) is 0 Å². The Balaban J connectivity index is 1.10. The molecule has 0 amide bonds. The minimum absolute atomic E-state index is 0.783. The standard InChI is InChI=1S/C48H31NO2/c1-3-12-32(13-4-1)33-22-26-36(27-23-33)49(44-20-9-7-16-38(44)34-14-5-2-6-15-34)37-28-24-35(25-29-37)39-18-11-19-41-43-31-30-42-40-17-8-10-21-45(40)50-47(42)48(43)51-46(39)41/h1-31H. The van der Waals surface area contributed by atoms with Crippen LogP contribution in [-0.2, 0) is 0 Å². The Labute approximate surface area is 295 Å². The molecule has 0 saturated heterocycles. The quantitative estimate of drug-likeness (QED) is 0.179. The van der Waals surface area contributed by atoms with Gasteiger partial charge in [0.05, 0.1) is 5.69 Å². The highest BCUT2D eigenvalue weighted by molar-refractivity contribution is 6.20. The summed E-state index contributed by atoms with van der Waals surface area (Å²) in [6.45, 7) is 0. The van der Waals surface area contributed by atoms with Crippen molar-refractivity contribution in [1.29, 1.82) is 0 Å². The number of benzene rings is 8. The Kier molecular flexibility index (Phi) is 6.81. The maximum atomic E-state index is 6.71. The molecule has 10 rings (SSSR count). The molecule has 0 aliphatic carbocycles. The van der Waals surface area contributed by atoms with Crippen LogP contribution in [-0.4, -0.2) is 0 Å². The fraction of sp³-hybridized carbons (Fsp3) is 0. The third kappa shape index (κ3) is 4.90. The smallest absolute Gasteiger partial charge is 0.178 e. The third-order valence-electron chi connectivity index (χ3n) is 9.91. The summed E-state index contributed by atoms with van der Waals surface area (Å²) in [7, 11) is 0. The first-order valence-electron chi connectivity index (χ1n) is 17.3. The number of rotatable bonds is 6. The molecule has 0 radical (unpaired) electrons.